The zero-order valence-electron chi connectivity index (χ0n) is 12.1. The van der Waals surface area contributed by atoms with Crippen LogP contribution in [0.4, 0.5) is 0 Å². The van der Waals surface area contributed by atoms with E-state index < -0.39 is 24.8 Å². The summed E-state index contributed by atoms with van der Waals surface area (Å²) < 4.78 is 33.2. The van der Waals surface area contributed by atoms with Crippen LogP contribution in [-0.2, 0) is 9.24 Å². The van der Waals surface area contributed by atoms with Crippen molar-refractivity contribution in [1.29, 1.82) is 0 Å². The lowest BCUT2D eigenvalue weighted by Crippen LogP contribution is -2.10. The zero-order chi connectivity index (χ0) is 17.3. The van der Waals surface area contributed by atoms with E-state index in [1.807, 2.05) is 0 Å². The molecular weight excluding hydrogens is 355 g/mol. The Hall–Kier alpha value is -3.16. The van der Waals surface area contributed by atoms with Crippen molar-refractivity contribution >= 4 is 18.8 Å². The third-order valence-electron chi connectivity index (χ3n) is 3.77. The van der Waals surface area contributed by atoms with Crippen LogP contribution in [0.5, 0.6) is 28.7 Å². The van der Waals surface area contributed by atoms with Gasteiger partial charge in [-0.15, -0.1) is 0 Å². The van der Waals surface area contributed by atoms with E-state index in [2.05, 4.69) is 0 Å². The zero-order valence-corrected chi connectivity index (χ0v) is 13.0. The molecule has 10 heteroatoms. The van der Waals surface area contributed by atoms with Gasteiger partial charge in [0.1, 0.15) is 5.75 Å². The van der Waals surface area contributed by atoms with Crippen molar-refractivity contribution in [3.63, 3.8) is 0 Å². The van der Waals surface area contributed by atoms with Crippen LogP contribution in [0, 0.1) is 0 Å². The van der Waals surface area contributed by atoms with Gasteiger partial charge in [-0.05, 0) is 24.3 Å². The first kappa shape index (κ1) is 14.2. The molecular formula is C15H7O9P. The van der Waals surface area contributed by atoms with Gasteiger partial charge in [0.2, 0.25) is 5.43 Å². The molecule has 9 nitrogen and oxygen atoms in total. The van der Waals surface area contributed by atoms with Crippen molar-refractivity contribution in [3.8, 4) is 40.1 Å². The monoisotopic (exact) mass is 362 g/mol. The summed E-state index contributed by atoms with van der Waals surface area (Å²) in [5, 5.41) is 19.2. The number of hydrogen-bond donors (Lipinski definition) is 2. The molecule has 0 radical (unpaired) electrons. The molecule has 2 N–H and O–H groups in total. The van der Waals surface area contributed by atoms with Crippen LogP contribution >= 0.6 is 7.82 Å². The first-order valence-corrected chi connectivity index (χ1v) is 8.42. The lowest BCUT2D eigenvalue weighted by atomic mass is 10.1. The van der Waals surface area contributed by atoms with Crippen LogP contribution in [0.25, 0.3) is 22.3 Å². The Balaban J connectivity index is 1.90. The first-order valence-electron chi connectivity index (χ1n) is 6.96. The van der Waals surface area contributed by atoms with Gasteiger partial charge in [-0.25, -0.2) is 4.57 Å². The average Bonchev–Trinajstić information content (AvgIpc) is 2.63. The second-order valence-electron chi connectivity index (χ2n) is 5.38. The Morgan fingerprint density at radius 3 is 2.64 bits per heavy atom. The molecule has 5 heterocycles. The maximum absolute atomic E-state index is 12.7. The van der Waals surface area contributed by atoms with E-state index in [9.17, 15) is 19.6 Å². The first-order chi connectivity index (χ1) is 11.9. The molecule has 7 rings (SSSR count). The van der Waals surface area contributed by atoms with Crippen LogP contribution in [0.3, 0.4) is 0 Å². The van der Waals surface area contributed by atoms with Crippen molar-refractivity contribution in [3.05, 3.63) is 40.6 Å². The Labute approximate surface area is 138 Å². The number of phenols is 2. The number of fused-ring (bicyclic) bond motifs is 1. The molecule has 1 unspecified atom stereocenters. The molecule has 0 spiro atoms. The van der Waals surface area contributed by atoms with Gasteiger partial charge in [0.25, 0.3) is 5.75 Å². The van der Waals surface area contributed by atoms with Crippen molar-refractivity contribution in [1.82, 2.24) is 0 Å². The molecule has 0 saturated carbocycles. The van der Waals surface area contributed by atoms with Crippen LogP contribution in [0.2, 0.25) is 0 Å². The lowest BCUT2D eigenvalue weighted by molar-refractivity contribution is -0.120. The summed E-state index contributed by atoms with van der Waals surface area (Å²) in [4.78, 5) is 17.7. The van der Waals surface area contributed by atoms with Gasteiger partial charge in [0.15, 0.2) is 28.6 Å². The maximum Gasteiger partial charge on any atom is 0.625 e. The summed E-state index contributed by atoms with van der Waals surface area (Å²) in [5.74, 6) is -1.14. The molecule has 3 aromatic rings. The largest absolute Gasteiger partial charge is 0.625 e. The van der Waals surface area contributed by atoms with Crippen molar-refractivity contribution < 1.29 is 37.8 Å². The number of aromatic hydroxyl groups is 2. The maximum atomic E-state index is 12.7. The highest BCUT2D eigenvalue weighted by molar-refractivity contribution is 7.49. The van der Waals surface area contributed by atoms with Crippen LogP contribution in [-0.4, -0.2) is 10.2 Å². The van der Waals surface area contributed by atoms with E-state index in [0.717, 1.165) is 0 Å². The van der Waals surface area contributed by atoms with E-state index in [-0.39, 0.29) is 39.5 Å². The summed E-state index contributed by atoms with van der Waals surface area (Å²) in [7, 11) is -4.13. The van der Waals surface area contributed by atoms with E-state index in [0.29, 0.717) is 0 Å². The summed E-state index contributed by atoms with van der Waals surface area (Å²) in [6, 6.07) is 6.53. The van der Waals surface area contributed by atoms with Gasteiger partial charge in [-0.2, -0.15) is 0 Å². The Morgan fingerprint density at radius 1 is 1.00 bits per heavy atom. The Kier molecular flexibility index (Phi) is 2.54. The third kappa shape index (κ3) is 1.93. The molecule has 6 bridgehead atoms. The molecule has 25 heavy (non-hydrogen) atoms. The summed E-state index contributed by atoms with van der Waals surface area (Å²) in [6.45, 7) is 0. The molecule has 0 amide bonds. The number of phosphoric acid groups is 1. The van der Waals surface area contributed by atoms with E-state index in [1.54, 1.807) is 0 Å². The van der Waals surface area contributed by atoms with Gasteiger partial charge in [0.05, 0.1) is 5.39 Å². The van der Waals surface area contributed by atoms with E-state index in [4.69, 9.17) is 23.0 Å². The summed E-state index contributed by atoms with van der Waals surface area (Å²) >= 11 is 0. The fourth-order valence-electron chi connectivity index (χ4n) is 2.66. The number of benzene rings is 2. The second kappa shape index (κ2) is 4.47. The number of phenolic OH excluding ortho intramolecular Hbond substituents is 2. The highest BCUT2D eigenvalue weighted by Crippen LogP contribution is 2.57. The predicted octanol–water partition coefficient (Wildman–Crippen LogP) is 3.07. The Bertz CT molecular complexity index is 1180. The van der Waals surface area contributed by atoms with Crippen molar-refractivity contribution in [2.75, 3.05) is 0 Å². The minimum atomic E-state index is -4.13. The molecule has 1 atom stereocenters. The lowest BCUT2D eigenvalue weighted by Gasteiger charge is -2.20. The minimum absolute atomic E-state index is 0.000448. The van der Waals surface area contributed by atoms with E-state index in [1.165, 1.54) is 30.3 Å². The third-order valence-corrected chi connectivity index (χ3v) is 4.88. The number of hydrogen-bond acceptors (Lipinski definition) is 9. The van der Waals surface area contributed by atoms with Gasteiger partial charge in [-0.3, -0.25) is 4.79 Å². The van der Waals surface area contributed by atoms with Gasteiger partial charge >= 0.3 is 7.82 Å². The topological polar surface area (TPSA) is 125 Å². The van der Waals surface area contributed by atoms with Gasteiger partial charge < -0.3 is 28.6 Å². The second-order valence-corrected chi connectivity index (χ2v) is 6.79. The molecule has 0 aliphatic carbocycles. The van der Waals surface area contributed by atoms with Crippen molar-refractivity contribution in [2.45, 2.75) is 0 Å². The van der Waals surface area contributed by atoms with E-state index >= 15 is 0 Å². The molecule has 0 saturated heterocycles. The number of phosphoric ester groups is 1. The summed E-state index contributed by atoms with van der Waals surface area (Å²) in [5.41, 5.74) is -0.355. The van der Waals surface area contributed by atoms with Crippen LogP contribution in [0.15, 0.2) is 39.5 Å². The quantitative estimate of drug-likeness (QED) is 0.382. The normalized spacial score (nSPS) is 20.0. The van der Waals surface area contributed by atoms with Gasteiger partial charge in [-0.1, -0.05) is 4.67 Å². The molecule has 1 aromatic heterocycles. The van der Waals surface area contributed by atoms with Crippen molar-refractivity contribution in [2.24, 2.45) is 0 Å². The molecule has 126 valence electrons. The minimum Gasteiger partial charge on any atom is -0.504 e. The smallest absolute Gasteiger partial charge is 0.504 e. The van der Waals surface area contributed by atoms with Gasteiger partial charge in [0, 0.05) is 11.6 Å². The average molecular weight is 362 g/mol. The standard InChI is InChI=1S/C15H7O9P/c16-9-2-1-6(3-10(9)17)13-15-12(18)8-4-7-5-11(14(8)20-13)23-25(19,22-7)24-21-15/h1-5,16-17H. The fourth-order valence-corrected chi connectivity index (χ4v) is 3.66. The molecule has 2 aromatic carbocycles. The highest BCUT2D eigenvalue weighted by Gasteiger charge is 2.42. The Morgan fingerprint density at radius 2 is 1.84 bits per heavy atom. The fraction of sp³-hybridized carbons (Fsp3) is 0. The molecule has 0 fully saturated rings. The molecule has 4 aliphatic rings. The SMILES string of the molecule is O=c1c2c(-c3ccc(O)c(O)c3)oc3c4cc(cc13)OP(=O)(OO2)O4. The predicted molar refractivity (Wildman–Crippen MR) is 81.8 cm³/mol. The summed E-state index contributed by atoms with van der Waals surface area (Å²) in [6.07, 6.45) is 0. The number of rotatable bonds is 1. The van der Waals surface area contributed by atoms with Crippen LogP contribution in [0.1, 0.15) is 0 Å². The molecule has 4 aliphatic heterocycles. The van der Waals surface area contributed by atoms with Crippen LogP contribution < -0.4 is 19.4 Å². The highest BCUT2D eigenvalue weighted by atomic mass is 31.2.